The van der Waals surface area contributed by atoms with Crippen LogP contribution in [0, 0.1) is 11.6 Å². The van der Waals surface area contributed by atoms with Crippen molar-refractivity contribution in [3.63, 3.8) is 0 Å². The van der Waals surface area contributed by atoms with Crippen molar-refractivity contribution in [1.29, 1.82) is 0 Å². The summed E-state index contributed by atoms with van der Waals surface area (Å²) in [7, 11) is 0. The number of rotatable bonds is 3. The normalized spacial score (nSPS) is 10.3. The monoisotopic (exact) mass is 254 g/mol. The van der Waals surface area contributed by atoms with E-state index in [9.17, 15) is 8.78 Å². The smallest absolute Gasteiger partial charge is 0.159 e. The van der Waals surface area contributed by atoms with E-state index in [-0.39, 0.29) is 0 Å². The summed E-state index contributed by atoms with van der Waals surface area (Å²) in [5, 5.41) is 3.34. The molecule has 2 nitrogen and oxygen atoms in total. The zero-order chi connectivity index (χ0) is 12.3. The molecule has 0 amide bonds. The van der Waals surface area contributed by atoms with Crippen molar-refractivity contribution < 1.29 is 8.78 Å². The Balaban J connectivity index is 2.05. The van der Waals surface area contributed by atoms with E-state index in [1.165, 1.54) is 6.07 Å². The number of pyridine rings is 1. The highest BCUT2D eigenvalue weighted by Gasteiger charge is 2.02. The van der Waals surface area contributed by atoms with Gasteiger partial charge >= 0.3 is 0 Å². The Morgan fingerprint density at radius 3 is 2.65 bits per heavy atom. The maximum Gasteiger partial charge on any atom is 0.159 e. The second kappa shape index (κ2) is 5.10. The van der Waals surface area contributed by atoms with Crippen molar-refractivity contribution in [1.82, 2.24) is 4.98 Å². The van der Waals surface area contributed by atoms with Crippen molar-refractivity contribution in [2.24, 2.45) is 0 Å². The Labute approximate surface area is 102 Å². The van der Waals surface area contributed by atoms with Gasteiger partial charge in [-0.05, 0) is 29.8 Å². The largest absolute Gasteiger partial charge is 0.366 e. The Hall–Kier alpha value is -1.68. The SMILES string of the molecule is Fc1ccc(CNc2cccc(Cl)n2)cc1F. The molecule has 2 rings (SSSR count). The molecule has 0 radical (unpaired) electrons. The van der Waals surface area contributed by atoms with Crippen LogP contribution in [-0.2, 0) is 6.54 Å². The number of hydrogen-bond donors (Lipinski definition) is 1. The average molecular weight is 255 g/mol. The predicted octanol–water partition coefficient (Wildman–Crippen LogP) is 3.63. The molecule has 1 aromatic carbocycles. The Morgan fingerprint density at radius 1 is 1.12 bits per heavy atom. The van der Waals surface area contributed by atoms with Gasteiger partial charge in [-0.1, -0.05) is 23.7 Å². The highest BCUT2D eigenvalue weighted by molar-refractivity contribution is 6.29. The molecule has 0 aliphatic rings. The van der Waals surface area contributed by atoms with Gasteiger partial charge in [0.1, 0.15) is 11.0 Å². The summed E-state index contributed by atoms with van der Waals surface area (Å²) >= 11 is 5.71. The van der Waals surface area contributed by atoms with Crippen molar-refractivity contribution in [3.05, 3.63) is 58.7 Å². The van der Waals surface area contributed by atoms with Crippen LogP contribution >= 0.6 is 11.6 Å². The van der Waals surface area contributed by atoms with Gasteiger partial charge in [0.15, 0.2) is 11.6 Å². The van der Waals surface area contributed by atoms with Gasteiger partial charge in [-0.25, -0.2) is 13.8 Å². The molecular formula is C12H9ClF2N2. The molecule has 2 aromatic rings. The first-order chi connectivity index (χ1) is 8.15. The number of nitrogens with one attached hydrogen (secondary N) is 1. The Kier molecular flexibility index (Phi) is 3.54. The topological polar surface area (TPSA) is 24.9 Å². The molecule has 0 bridgehead atoms. The second-order valence-electron chi connectivity index (χ2n) is 3.45. The van der Waals surface area contributed by atoms with E-state index in [1.54, 1.807) is 18.2 Å². The van der Waals surface area contributed by atoms with E-state index in [0.29, 0.717) is 23.1 Å². The van der Waals surface area contributed by atoms with Gasteiger partial charge in [-0.2, -0.15) is 0 Å². The maximum atomic E-state index is 12.9. The van der Waals surface area contributed by atoms with Crippen molar-refractivity contribution in [3.8, 4) is 0 Å². The number of hydrogen-bond acceptors (Lipinski definition) is 2. The predicted molar refractivity (Wildman–Crippen MR) is 62.9 cm³/mol. The fourth-order valence-corrected chi connectivity index (χ4v) is 1.51. The fourth-order valence-electron chi connectivity index (χ4n) is 1.35. The number of aromatic nitrogens is 1. The Bertz CT molecular complexity index is 532. The van der Waals surface area contributed by atoms with E-state index in [0.717, 1.165) is 12.1 Å². The average Bonchev–Trinajstić information content (AvgIpc) is 2.31. The van der Waals surface area contributed by atoms with Crippen molar-refractivity contribution >= 4 is 17.4 Å². The van der Waals surface area contributed by atoms with Gasteiger partial charge in [0.05, 0.1) is 0 Å². The molecule has 0 spiro atoms. The van der Waals surface area contributed by atoms with Crippen molar-refractivity contribution in [2.75, 3.05) is 5.32 Å². The molecule has 1 heterocycles. The minimum Gasteiger partial charge on any atom is -0.366 e. The molecule has 1 N–H and O–H groups in total. The summed E-state index contributed by atoms with van der Waals surface area (Å²) in [5.74, 6) is -1.12. The molecule has 0 saturated heterocycles. The molecule has 0 aliphatic heterocycles. The van der Waals surface area contributed by atoms with E-state index < -0.39 is 11.6 Å². The Morgan fingerprint density at radius 2 is 1.94 bits per heavy atom. The van der Waals surface area contributed by atoms with Gasteiger partial charge in [-0.15, -0.1) is 0 Å². The molecule has 88 valence electrons. The molecule has 0 aliphatic carbocycles. The highest BCUT2D eigenvalue weighted by Crippen LogP contribution is 2.12. The van der Waals surface area contributed by atoms with Gasteiger partial charge in [0.2, 0.25) is 0 Å². The van der Waals surface area contributed by atoms with E-state index in [4.69, 9.17) is 11.6 Å². The first-order valence-electron chi connectivity index (χ1n) is 4.95. The lowest BCUT2D eigenvalue weighted by Gasteiger charge is -2.06. The molecule has 1 aromatic heterocycles. The van der Waals surface area contributed by atoms with Crippen LogP contribution in [-0.4, -0.2) is 4.98 Å². The summed E-state index contributed by atoms with van der Waals surface area (Å²) < 4.78 is 25.6. The lowest BCUT2D eigenvalue weighted by molar-refractivity contribution is 0.507. The van der Waals surface area contributed by atoms with Crippen LogP contribution in [0.1, 0.15) is 5.56 Å². The van der Waals surface area contributed by atoms with E-state index >= 15 is 0 Å². The van der Waals surface area contributed by atoms with E-state index in [2.05, 4.69) is 10.3 Å². The summed E-state index contributed by atoms with van der Waals surface area (Å²) in [6, 6.07) is 8.90. The number of halogens is 3. The third-order valence-electron chi connectivity index (χ3n) is 2.17. The van der Waals surface area contributed by atoms with Crippen LogP contribution in [0.5, 0.6) is 0 Å². The van der Waals surface area contributed by atoms with Gasteiger partial charge in [-0.3, -0.25) is 0 Å². The number of anilines is 1. The summed E-state index contributed by atoms with van der Waals surface area (Å²) in [6.07, 6.45) is 0. The second-order valence-corrected chi connectivity index (χ2v) is 3.83. The van der Waals surface area contributed by atoms with Crippen LogP contribution in [0.3, 0.4) is 0 Å². The molecule has 0 saturated carbocycles. The van der Waals surface area contributed by atoms with Crippen LogP contribution in [0.15, 0.2) is 36.4 Å². The summed E-state index contributed by atoms with van der Waals surface area (Å²) in [5.41, 5.74) is 0.630. The zero-order valence-electron chi connectivity index (χ0n) is 8.75. The minimum atomic E-state index is -0.858. The molecule has 0 unspecified atom stereocenters. The number of nitrogens with zero attached hydrogens (tertiary/aromatic N) is 1. The maximum absolute atomic E-state index is 12.9. The third kappa shape index (κ3) is 3.14. The number of benzene rings is 1. The molecule has 0 fully saturated rings. The molecule has 5 heteroatoms. The third-order valence-corrected chi connectivity index (χ3v) is 2.38. The first-order valence-corrected chi connectivity index (χ1v) is 5.33. The van der Waals surface area contributed by atoms with Crippen LogP contribution in [0.2, 0.25) is 5.15 Å². The fraction of sp³-hybridized carbons (Fsp3) is 0.0833. The molecule has 0 atom stereocenters. The minimum absolute atomic E-state index is 0.352. The molecule has 17 heavy (non-hydrogen) atoms. The lowest BCUT2D eigenvalue weighted by Crippen LogP contribution is -2.02. The first kappa shape index (κ1) is 11.8. The summed E-state index contributed by atoms with van der Waals surface area (Å²) in [4.78, 5) is 4.01. The van der Waals surface area contributed by atoms with Crippen LogP contribution < -0.4 is 5.32 Å². The highest BCUT2D eigenvalue weighted by atomic mass is 35.5. The van der Waals surface area contributed by atoms with Gasteiger partial charge in [0, 0.05) is 6.54 Å². The van der Waals surface area contributed by atoms with Gasteiger partial charge < -0.3 is 5.32 Å². The lowest BCUT2D eigenvalue weighted by atomic mass is 10.2. The standard InChI is InChI=1S/C12H9ClF2N2/c13-11-2-1-3-12(17-11)16-7-8-4-5-9(14)10(15)6-8/h1-6H,7H2,(H,16,17). The van der Waals surface area contributed by atoms with Gasteiger partial charge in [0.25, 0.3) is 0 Å². The summed E-state index contributed by atoms with van der Waals surface area (Å²) in [6.45, 7) is 0.352. The van der Waals surface area contributed by atoms with Crippen LogP contribution in [0.4, 0.5) is 14.6 Å². The zero-order valence-corrected chi connectivity index (χ0v) is 9.51. The molecular weight excluding hydrogens is 246 g/mol. The van der Waals surface area contributed by atoms with E-state index in [1.807, 2.05) is 0 Å². The van der Waals surface area contributed by atoms with Crippen LogP contribution in [0.25, 0.3) is 0 Å². The van der Waals surface area contributed by atoms with Crippen molar-refractivity contribution in [2.45, 2.75) is 6.54 Å². The quantitative estimate of drug-likeness (QED) is 0.846.